The van der Waals surface area contributed by atoms with E-state index in [0.717, 1.165) is 5.75 Å². The molecule has 0 bridgehead atoms. The predicted molar refractivity (Wildman–Crippen MR) is 167 cm³/mol. The summed E-state index contributed by atoms with van der Waals surface area (Å²) in [6.45, 7) is 5.36. The van der Waals surface area contributed by atoms with E-state index in [4.69, 9.17) is 4.74 Å². The van der Waals surface area contributed by atoms with Gasteiger partial charge in [0.25, 0.3) is 0 Å². The summed E-state index contributed by atoms with van der Waals surface area (Å²) >= 11 is 0. The fraction of sp³-hybridized carbons (Fsp3) is 0.143. The lowest BCUT2D eigenvalue weighted by molar-refractivity contribution is -0.578. The number of hydrogen-bond donors (Lipinski definition) is 0. The molecule has 1 heterocycles. The monoisotopic (exact) mass is 528 g/mol. The van der Waals surface area contributed by atoms with Crippen LogP contribution < -0.4 is 31.2 Å². The fourth-order valence-corrected chi connectivity index (χ4v) is 5.46. The summed E-state index contributed by atoms with van der Waals surface area (Å²) in [5, 5.41) is 0. The van der Waals surface area contributed by atoms with Crippen LogP contribution in [0, 0.1) is 0 Å². The van der Waals surface area contributed by atoms with Crippen molar-refractivity contribution in [2.24, 2.45) is 0 Å². The highest BCUT2D eigenvalue weighted by molar-refractivity contribution is 7.19. The maximum atomic E-state index is 11.9. The number of pyridine rings is 1. The van der Waals surface area contributed by atoms with Gasteiger partial charge in [0, 0.05) is 12.1 Å². The van der Waals surface area contributed by atoms with Crippen LogP contribution in [0.4, 0.5) is 4.79 Å². The average Bonchev–Trinajstić information content (AvgIpc) is 3.04. The molecule has 5 rings (SSSR count). The molecule has 202 valence electrons. The van der Waals surface area contributed by atoms with Crippen LogP contribution in [0.15, 0.2) is 146 Å². The highest BCUT2D eigenvalue weighted by atomic mass is 16.5. The van der Waals surface area contributed by atoms with Crippen LogP contribution in [-0.2, 0) is 0 Å². The standard InChI is InChI=1S/C24H20B.C11H17N2O2/c1-5-13-21(14-6-1)25(22-15-7-2-8-16-22,23-17-9-3-10-18-23)24-19-11-4-12-20-24;1-4-12(5-2)11(14)13-8-6-10(15-3)7-9-13/h1-20H;6-9H,4-5H2,1-3H3/q-1;+1. The number of nitrogens with zero attached hydrogens (tertiary/aromatic N) is 2. The molecule has 0 atom stereocenters. The molecule has 0 saturated heterocycles. The minimum atomic E-state index is -1.22. The number of carbonyl (C=O) groups is 1. The van der Waals surface area contributed by atoms with Crippen molar-refractivity contribution in [3.63, 3.8) is 0 Å². The lowest BCUT2D eigenvalue weighted by atomic mass is 9.13. The van der Waals surface area contributed by atoms with Crippen molar-refractivity contribution in [2.45, 2.75) is 13.8 Å². The van der Waals surface area contributed by atoms with E-state index < -0.39 is 6.15 Å². The second-order valence-electron chi connectivity index (χ2n) is 9.61. The summed E-state index contributed by atoms with van der Waals surface area (Å²) in [4.78, 5) is 13.6. The van der Waals surface area contributed by atoms with Crippen molar-refractivity contribution < 1.29 is 14.1 Å². The van der Waals surface area contributed by atoms with Crippen LogP contribution in [-0.4, -0.2) is 37.3 Å². The molecular weight excluding hydrogens is 491 g/mol. The van der Waals surface area contributed by atoms with Crippen molar-refractivity contribution >= 4 is 34.0 Å². The van der Waals surface area contributed by atoms with E-state index in [2.05, 4.69) is 121 Å². The molecule has 40 heavy (non-hydrogen) atoms. The average molecular weight is 529 g/mol. The van der Waals surface area contributed by atoms with Gasteiger partial charge in [-0.25, -0.2) is 4.90 Å². The molecule has 0 radical (unpaired) electrons. The summed E-state index contributed by atoms with van der Waals surface area (Å²) in [6.07, 6.45) is 2.20. The Morgan fingerprint density at radius 3 is 1.20 bits per heavy atom. The number of benzene rings is 4. The molecule has 0 aliphatic rings. The maximum absolute atomic E-state index is 11.9. The molecule has 5 aromatic rings. The lowest BCUT2D eigenvalue weighted by Gasteiger charge is -2.44. The van der Waals surface area contributed by atoms with Gasteiger partial charge in [0.15, 0.2) is 0 Å². The van der Waals surface area contributed by atoms with Gasteiger partial charge in [0.1, 0.15) is 24.3 Å². The van der Waals surface area contributed by atoms with Gasteiger partial charge >= 0.3 is 6.03 Å². The van der Waals surface area contributed by atoms with Crippen LogP contribution in [0.1, 0.15) is 13.8 Å². The SMILES string of the molecule is CCN(CC)C(=O)[n+]1ccc(OC)cc1.c1ccc([B-](c2ccccc2)(c2ccccc2)c2ccccc2)cc1. The number of carbonyl (C=O) groups excluding carboxylic acids is 1. The number of aromatic nitrogens is 1. The summed E-state index contributed by atoms with van der Waals surface area (Å²) in [6, 6.07) is 47.0. The Bertz CT molecular complexity index is 1280. The van der Waals surface area contributed by atoms with Crippen LogP contribution in [0.2, 0.25) is 0 Å². The van der Waals surface area contributed by atoms with Gasteiger partial charge in [-0.1, -0.05) is 121 Å². The number of ether oxygens (including phenoxy) is 1. The highest BCUT2D eigenvalue weighted by Gasteiger charge is 2.31. The molecule has 0 aliphatic carbocycles. The minimum Gasteiger partial charge on any atom is -0.496 e. The Morgan fingerprint density at radius 1 is 0.600 bits per heavy atom. The van der Waals surface area contributed by atoms with Gasteiger partial charge in [-0.15, -0.1) is 0 Å². The first-order valence-electron chi connectivity index (χ1n) is 13.9. The normalized spacial score (nSPS) is 10.7. The smallest absolute Gasteiger partial charge is 0.496 e. The van der Waals surface area contributed by atoms with E-state index in [9.17, 15) is 4.79 Å². The molecule has 1 aromatic heterocycles. The van der Waals surface area contributed by atoms with E-state index in [0.29, 0.717) is 13.1 Å². The third-order valence-electron chi connectivity index (χ3n) is 7.49. The van der Waals surface area contributed by atoms with Crippen LogP contribution in [0.25, 0.3) is 0 Å². The molecule has 0 N–H and O–H groups in total. The molecule has 0 unspecified atom stereocenters. The van der Waals surface area contributed by atoms with E-state index in [1.807, 2.05) is 13.8 Å². The molecule has 0 saturated carbocycles. The zero-order chi connectivity index (χ0) is 28.2. The Kier molecular flexibility index (Phi) is 9.90. The number of hydrogen-bond acceptors (Lipinski definition) is 2. The van der Waals surface area contributed by atoms with Crippen molar-refractivity contribution in [1.29, 1.82) is 0 Å². The van der Waals surface area contributed by atoms with Gasteiger partial charge < -0.3 is 4.74 Å². The maximum Gasteiger partial charge on any atom is 0.497 e. The molecule has 0 spiro atoms. The zero-order valence-corrected chi connectivity index (χ0v) is 23.6. The van der Waals surface area contributed by atoms with Gasteiger partial charge in [-0.3, -0.25) is 0 Å². The third-order valence-corrected chi connectivity index (χ3v) is 7.49. The Balaban J connectivity index is 0.000000212. The quantitative estimate of drug-likeness (QED) is 0.233. The molecule has 0 fully saturated rings. The summed E-state index contributed by atoms with van der Waals surface area (Å²) in [5.74, 6) is 0.749. The predicted octanol–water partition coefficient (Wildman–Crippen LogP) is 4.36. The number of amides is 1. The number of methoxy groups -OCH3 is 1. The molecule has 0 aliphatic heterocycles. The van der Waals surface area contributed by atoms with E-state index in [-0.39, 0.29) is 6.03 Å². The molecular formula is C35H37BN2O2. The van der Waals surface area contributed by atoms with Gasteiger partial charge in [-0.05, 0) is 13.8 Å². The Labute approximate surface area is 238 Å². The Morgan fingerprint density at radius 2 is 0.925 bits per heavy atom. The van der Waals surface area contributed by atoms with Gasteiger partial charge in [0.05, 0.1) is 20.2 Å². The minimum absolute atomic E-state index is 0.0114. The van der Waals surface area contributed by atoms with E-state index >= 15 is 0 Å². The summed E-state index contributed by atoms with van der Waals surface area (Å²) < 4.78 is 6.57. The second-order valence-corrected chi connectivity index (χ2v) is 9.61. The highest BCUT2D eigenvalue weighted by Crippen LogP contribution is 2.09. The largest absolute Gasteiger partial charge is 0.497 e. The van der Waals surface area contributed by atoms with Gasteiger partial charge in [0.2, 0.25) is 0 Å². The summed E-state index contributed by atoms with van der Waals surface area (Å²) in [5.41, 5.74) is 5.36. The summed E-state index contributed by atoms with van der Waals surface area (Å²) in [7, 11) is 1.60. The Hall–Kier alpha value is -4.64. The zero-order valence-electron chi connectivity index (χ0n) is 23.6. The first-order chi connectivity index (χ1) is 19.6. The lowest BCUT2D eigenvalue weighted by Crippen LogP contribution is -2.74. The van der Waals surface area contributed by atoms with Crippen molar-refractivity contribution in [1.82, 2.24) is 4.90 Å². The third kappa shape index (κ3) is 6.15. The fourth-order valence-electron chi connectivity index (χ4n) is 5.46. The van der Waals surface area contributed by atoms with Crippen LogP contribution in [0.5, 0.6) is 5.75 Å². The second kappa shape index (κ2) is 14.0. The van der Waals surface area contributed by atoms with Crippen LogP contribution >= 0.6 is 0 Å². The van der Waals surface area contributed by atoms with Crippen molar-refractivity contribution in [3.05, 3.63) is 146 Å². The molecule has 4 nitrogen and oxygen atoms in total. The van der Waals surface area contributed by atoms with E-state index in [1.54, 1.807) is 41.1 Å². The van der Waals surface area contributed by atoms with E-state index in [1.165, 1.54) is 21.9 Å². The van der Waals surface area contributed by atoms with Crippen LogP contribution in [0.3, 0.4) is 0 Å². The molecule has 4 aromatic carbocycles. The first kappa shape index (κ1) is 28.4. The van der Waals surface area contributed by atoms with Gasteiger partial charge in [-0.2, -0.15) is 31.2 Å². The van der Waals surface area contributed by atoms with Crippen molar-refractivity contribution in [2.75, 3.05) is 20.2 Å². The van der Waals surface area contributed by atoms with Crippen molar-refractivity contribution in [3.8, 4) is 5.75 Å². The number of rotatable bonds is 7. The topological polar surface area (TPSA) is 33.4 Å². The first-order valence-corrected chi connectivity index (χ1v) is 13.9. The molecule has 5 heteroatoms. The molecule has 1 amide bonds.